The molecule has 0 aliphatic heterocycles. The van der Waals surface area contributed by atoms with Crippen molar-refractivity contribution < 1.29 is 14.7 Å². The van der Waals surface area contributed by atoms with E-state index in [-0.39, 0.29) is 5.92 Å². The zero-order valence-electron chi connectivity index (χ0n) is 8.45. The summed E-state index contributed by atoms with van der Waals surface area (Å²) in [7, 11) is 0. The first kappa shape index (κ1) is 11.2. The highest BCUT2D eigenvalue weighted by molar-refractivity contribution is 5.70. The molecular weight excluding hydrogens is 180 g/mol. The third-order valence-corrected chi connectivity index (χ3v) is 3.48. The summed E-state index contributed by atoms with van der Waals surface area (Å²) >= 11 is 0. The Bertz CT molecular complexity index is 191. The van der Waals surface area contributed by atoms with Crippen LogP contribution >= 0.6 is 0 Å². The van der Waals surface area contributed by atoms with Gasteiger partial charge < -0.3 is 9.90 Å². The Labute approximate surface area is 84.5 Å². The molecule has 3 heteroatoms. The van der Waals surface area contributed by atoms with Crippen molar-refractivity contribution in [3.05, 3.63) is 0 Å². The first-order valence-electron chi connectivity index (χ1n) is 5.27. The van der Waals surface area contributed by atoms with E-state index in [1.54, 1.807) is 0 Å². The van der Waals surface area contributed by atoms with Crippen LogP contribution in [-0.2, 0) is 9.59 Å². The largest absolute Gasteiger partial charge is 0.481 e. The molecule has 2 unspecified atom stereocenters. The molecule has 0 aromatic rings. The lowest BCUT2D eigenvalue weighted by Gasteiger charge is -2.37. The molecule has 0 spiro atoms. The summed E-state index contributed by atoms with van der Waals surface area (Å²) in [6, 6.07) is 0. The van der Waals surface area contributed by atoms with Gasteiger partial charge in [-0.3, -0.25) is 4.79 Å². The second-order valence-electron chi connectivity index (χ2n) is 4.41. The van der Waals surface area contributed by atoms with Gasteiger partial charge in [0.25, 0.3) is 0 Å². The molecule has 80 valence electrons. The van der Waals surface area contributed by atoms with Crippen molar-refractivity contribution >= 4 is 12.8 Å². The van der Waals surface area contributed by atoms with E-state index in [0.29, 0.717) is 0 Å². The van der Waals surface area contributed by atoms with Gasteiger partial charge in [0.2, 0.25) is 0 Å². The Morgan fingerprint density at radius 2 is 1.57 bits per heavy atom. The molecule has 2 fully saturated rings. The summed E-state index contributed by atoms with van der Waals surface area (Å²) in [5.74, 6) is 0.887. The van der Waals surface area contributed by atoms with Gasteiger partial charge in [0.15, 0.2) is 0 Å². The minimum atomic E-state index is -0.563. The van der Waals surface area contributed by atoms with Crippen LogP contribution in [0.1, 0.15) is 38.5 Å². The van der Waals surface area contributed by atoms with Crippen molar-refractivity contribution in [3.63, 3.8) is 0 Å². The van der Waals surface area contributed by atoms with Crippen molar-refractivity contribution in [1.29, 1.82) is 0 Å². The SMILES string of the molecule is C=O.O=C(O)C1CC2CCCC(C2)C1. The lowest BCUT2D eigenvalue weighted by molar-refractivity contribution is -0.144. The maximum Gasteiger partial charge on any atom is 0.306 e. The van der Waals surface area contributed by atoms with E-state index in [0.717, 1.165) is 24.7 Å². The molecule has 2 rings (SSSR count). The molecule has 0 radical (unpaired) electrons. The summed E-state index contributed by atoms with van der Waals surface area (Å²) in [5, 5.41) is 8.89. The van der Waals surface area contributed by atoms with Gasteiger partial charge in [0, 0.05) is 0 Å². The molecule has 14 heavy (non-hydrogen) atoms. The van der Waals surface area contributed by atoms with Gasteiger partial charge in [0.1, 0.15) is 6.79 Å². The quantitative estimate of drug-likeness (QED) is 0.702. The van der Waals surface area contributed by atoms with E-state index < -0.39 is 5.97 Å². The minimum absolute atomic E-state index is 0.0194. The molecule has 2 saturated carbocycles. The van der Waals surface area contributed by atoms with Crippen molar-refractivity contribution in [2.75, 3.05) is 0 Å². The van der Waals surface area contributed by atoms with Gasteiger partial charge in [-0.2, -0.15) is 0 Å². The predicted octanol–water partition coefficient (Wildman–Crippen LogP) is 2.10. The van der Waals surface area contributed by atoms with E-state index in [9.17, 15) is 4.79 Å². The van der Waals surface area contributed by atoms with Crippen LogP contribution in [-0.4, -0.2) is 17.9 Å². The molecule has 0 aromatic heterocycles. The van der Waals surface area contributed by atoms with Crippen molar-refractivity contribution in [2.45, 2.75) is 38.5 Å². The van der Waals surface area contributed by atoms with Crippen LogP contribution in [0.3, 0.4) is 0 Å². The number of fused-ring (bicyclic) bond motifs is 2. The highest BCUT2D eigenvalue weighted by atomic mass is 16.4. The minimum Gasteiger partial charge on any atom is -0.481 e. The molecule has 0 saturated heterocycles. The molecule has 2 aliphatic rings. The number of hydrogen-bond acceptors (Lipinski definition) is 2. The van der Waals surface area contributed by atoms with E-state index in [4.69, 9.17) is 9.90 Å². The molecule has 0 heterocycles. The molecule has 1 N–H and O–H groups in total. The summed E-state index contributed by atoms with van der Waals surface area (Å²) in [4.78, 5) is 18.8. The lowest BCUT2D eigenvalue weighted by atomic mass is 9.68. The fourth-order valence-electron chi connectivity index (χ4n) is 2.93. The summed E-state index contributed by atoms with van der Waals surface area (Å²) in [6.45, 7) is 2.00. The maximum absolute atomic E-state index is 10.8. The monoisotopic (exact) mass is 198 g/mol. The summed E-state index contributed by atoms with van der Waals surface area (Å²) in [6.07, 6.45) is 7.10. The third-order valence-electron chi connectivity index (χ3n) is 3.48. The van der Waals surface area contributed by atoms with Gasteiger partial charge in [0.05, 0.1) is 5.92 Å². The molecular formula is C11H18O3. The van der Waals surface area contributed by atoms with Crippen molar-refractivity contribution in [2.24, 2.45) is 17.8 Å². The summed E-state index contributed by atoms with van der Waals surface area (Å²) in [5.41, 5.74) is 0. The van der Waals surface area contributed by atoms with Crippen LogP contribution in [0.2, 0.25) is 0 Å². The second kappa shape index (κ2) is 5.13. The molecule has 0 aromatic carbocycles. The zero-order valence-corrected chi connectivity index (χ0v) is 8.45. The van der Waals surface area contributed by atoms with Gasteiger partial charge >= 0.3 is 5.97 Å². The van der Waals surface area contributed by atoms with E-state index in [2.05, 4.69) is 0 Å². The average molecular weight is 198 g/mol. The highest BCUT2D eigenvalue weighted by Gasteiger charge is 2.34. The molecule has 0 amide bonds. The number of carboxylic acid groups (broad SMARTS) is 1. The van der Waals surface area contributed by atoms with Crippen LogP contribution < -0.4 is 0 Å². The van der Waals surface area contributed by atoms with E-state index in [1.165, 1.54) is 25.7 Å². The molecule has 3 nitrogen and oxygen atoms in total. The number of rotatable bonds is 1. The molecule has 2 aliphatic carbocycles. The predicted molar refractivity (Wildman–Crippen MR) is 52.9 cm³/mol. The van der Waals surface area contributed by atoms with E-state index in [1.807, 2.05) is 6.79 Å². The van der Waals surface area contributed by atoms with Crippen LogP contribution in [0.4, 0.5) is 0 Å². The lowest BCUT2D eigenvalue weighted by Crippen LogP contribution is -2.30. The number of hydrogen-bond donors (Lipinski definition) is 1. The Kier molecular flexibility index (Phi) is 4.11. The number of aliphatic carboxylic acids is 1. The zero-order chi connectivity index (χ0) is 10.6. The number of carbonyl (C=O) groups excluding carboxylic acids is 1. The fraction of sp³-hybridized carbons (Fsp3) is 0.818. The Morgan fingerprint density at radius 3 is 2.00 bits per heavy atom. The van der Waals surface area contributed by atoms with Crippen LogP contribution in [0.25, 0.3) is 0 Å². The number of carbonyl (C=O) groups is 2. The van der Waals surface area contributed by atoms with Crippen molar-refractivity contribution in [1.82, 2.24) is 0 Å². The van der Waals surface area contributed by atoms with Gasteiger partial charge in [-0.1, -0.05) is 19.3 Å². The van der Waals surface area contributed by atoms with Gasteiger partial charge in [-0.05, 0) is 31.1 Å². The normalized spacial score (nSPS) is 35.3. The molecule has 2 bridgehead atoms. The maximum atomic E-state index is 10.8. The highest BCUT2D eigenvalue weighted by Crippen LogP contribution is 2.42. The fourth-order valence-corrected chi connectivity index (χ4v) is 2.93. The van der Waals surface area contributed by atoms with E-state index >= 15 is 0 Å². The van der Waals surface area contributed by atoms with Gasteiger partial charge in [-0.25, -0.2) is 0 Å². The first-order valence-corrected chi connectivity index (χ1v) is 5.27. The standard InChI is InChI=1S/C10H16O2.CH2O/c11-10(12)9-5-7-2-1-3-8(4-7)6-9;1-2/h7-9H,1-6H2,(H,11,12);1H2. The Morgan fingerprint density at radius 1 is 1.07 bits per heavy atom. The van der Waals surface area contributed by atoms with Gasteiger partial charge in [-0.15, -0.1) is 0 Å². The van der Waals surface area contributed by atoms with Crippen LogP contribution in [0.15, 0.2) is 0 Å². The second-order valence-corrected chi connectivity index (χ2v) is 4.41. The Hall–Kier alpha value is -0.860. The van der Waals surface area contributed by atoms with Crippen LogP contribution in [0.5, 0.6) is 0 Å². The van der Waals surface area contributed by atoms with Crippen molar-refractivity contribution in [3.8, 4) is 0 Å². The average Bonchev–Trinajstić information content (AvgIpc) is 2.20. The number of carboxylic acids is 1. The Balaban J connectivity index is 0.000000461. The topological polar surface area (TPSA) is 54.4 Å². The summed E-state index contributed by atoms with van der Waals surface area (Å²) < 4.78 is 0. The van der Waals surface area contributed by atoms with Crippen LogP contribution in [0, 0.1) is 17.8 Å². The third kappa shape index (κ3) is 2.56. The first-order chi connectivity index (χ1) is 6.75. The molecule has 2 atom stereocenters. The smallest absolute Gasteiger partial charge is 0.306 e.